The molecule has 2 bridgehead atoms. The standard InChI is InChI=1S/C18H31N3O3/c1-16(2,3)24-15(23)20-13-5-4-10-21(11-13)14(22)17-6-8-18(19,12-17)9-7-17/h13H,4-12,19H2,1-3H3,(H,20,23). The minimum absolute atomic E-state index is 0.0283. The molecule has 2 amide bonds. The number of nitrogens with two attached hydrogens (primary N) is 1. The van der Waals surface area contributed by atoms with Crippen molar-refractivity contribution in [3.63, 3.8) is 0 Å². The van der Waals surface area contributed by atoms with Gasteiger partial charge in [-0.05, 0) is 65.7 Å². The number of rotatable bonds is 2. The zero-order valence-corrected chi connectivity index (χ0v) is 15.2. The highest BCUT2D eigenvalue weighted by Crippen LogP contribution is 2.56. The Morgan fingerprint density at radius 2 is 1.88 bits per heavy atom. The fourth-order valence-corrected chi connectivity index (χ4v) is 4.63. The van der Waals surface area contributed by atoms with Gasteiger partial charge in [-0.3, -0.25) is 4.79 Å². The summed E-state index contributed by atoms with van der Waals surface area (Å²) < 4.78 is 5.33. The molecule has 0 aromatic carbocycles. The van der Waals surface area contributed by atoms with E-state index in [1.807, 2.05) is 25.7 Å². The summed E-state index contributed by atoms with van der Waals surface area (Å²) in [7, 11) is 0. The predicted octanol–water partition coefficient (Wildman–Crippen LogP) is 2.16. The molecular weight excluding hydrogens is 306 g/mol. The van der Waals surface area contributed by atoms with Gasteiger partial charge in [-0.15, -0.1) is 0 Å². The highest BCUT2D eigenvalue weighted by atomic mass is 16.6. The third-order valence-electron chi connectivity index (χ3n) is 5.78. The normalized spacial score (nSPS) is 35.8. The molecule has 0 aromatic heterocycles. The number of piperidine rings is 1. The van der Waals surface area contributed by atoms with E-state index >= 15 is 0 Å². The largest absolute Gasteiger partial charge is 0.444 e. The van der Waals surface area contributed by atoms with E-state index in [9.17, 15) is 9.59 Å². The maximum atomic E-state index is 13.1. The zero-order chi connectivity index (χ0) is 17.6. The van der Waals surface area contributed by atoms with Gasteiger partial charge >= 0.3 is 6.09 Å². The van der Waals surface area contributed by atoms with E-state index in [1.165, 1.54) is 0 Å². The fraction of sp³-hybridized carbons (Fsp3) is 0.889. The van der Waals surface area contributed by atoms with Crippen LogP contribution in [0.25, 0.3) is 0 Å². The summed E-state index contributed by atoms with van der Waals surface area (Å²) in [4.78, 5) is 27.0. The molecule has 136 valence electrons. The van der Waals surface area contributed by atoms with Gasteiger partial charge < -0.3 is 20.7 Å². The number of carbonyl (C=O) groups excluding carboxylic acids is 2. The molecule has 0 aromatic rings. The Bertz CT molecular complexity index is 518. The Morgan fingerprint density at radius 1 is 1.21 bits per heavy atom. The molecule has 1 unspecified atom stereocenters. The number of hydrogen-bond donors (Lipinski definition) is 2. The van der Waals surface area contributed by atoms with Crippen molar-refractivity contribution in [3.8, 4) is 0 Å². The lowest BCUT2D eigenvalue weighted by Gasteiger charge is -2.38. The van der Waals surface area contributed by atoms with Crippen molar-refractivity contribution in [2.45, 2.75) is 82.9 Å². The number of carbonyl (C=O) groups is 2. The first-order chi connectivity index (χ1) is 11.1. The van der Waals surface area contributed by atoms with E-state index in [2.05, 4.69) is 5.32 Å². The molecule has 1 heterocycles. The number of hydrogen-bond acceptors (Lipinski definition) is 4. The third-order valence-corrected chi connectivity index (χ3v) is 5.78. The summed E-state index contributed by atoms with van der Waals surface area (Å²) in [6.45, 7) is 6.91. The summed E-state index contributed by atoms with van der Waals surface area (Å²) in [5.41, 5.74) is 5.51. The van der Waals surface area contributed by atoms with Gasteiger partial charge in [-0.2, -0.15) is 0 Å². The average Bonchev–Trinajstić information content (AvgIpc) is 2.99. The number of amides is 2. The average molecular weight is 337 g/mol. The summed E-state index contributed by atoms with van der Waals surface area (Å²) in [6, 6.07) is -0.0283. The topological polar surface area (TPSA) is 84.7 Å². The lowest BCUT2D eigenvalue weighted by atomic mass is 9.82. The number of alkyl carbamates (subject to hydrolysis) is 1. The molecule has 6 nitrogen and oxygen atoms in total. The Kier molecular flexibility index (Phi) is 4.31. The molecule has 2 saturated carbocycles. The van der Waals surface area contributed by atoms with Gasteiger partial charge in [0.25, 0.3) is 0 Å². The molecule has 24 heavy (non-hydrogen) atoms. The van der Waals surface area contributed by atoms with Crippen molar-refractivity contribution >= 4 is 12.0 Å². The minimum atomic E-state index is -0.509. The number of fused-ring (bicyclic) bond motifs is 2. The van der Waals surface area contributed by atoms with Crippen LogP contribution >= 0.6 is 0 Å². The summed E-state index contributed by atoms with van der Waals surface area (Å²) in [5, 5.41) is 2.92. The monoisotopic (exact) mass is 337 g/mol. The highest BCUT2D eigenvalue weighted by Gasteiger charge is 2.57. The lowest BCUT2D eigenvalue weighted by molar-refractivity contribution is -0.143. The number of nitrogens with zero attached hydrogens (tertiary/aromatic N) is 1. The van der Waals surface area contributed by atoms with Crippen LogP contribution in [0.15, 0.2) is 0 Å². The minimum Gasteiger partial charge on any atom is -0.444 e. The van der Waals surface area contributed by atoms with Gasteiger partial charge in [0.2, 0.25) is 5.91 Å². The van der Waals surface area contributed by atoms with Crippen LogP contribution in [0.3, 0.4) is 0 Å². The van der Waals surface area contributed by atoms with E-state index < -0.39 is 11.7 Å². The van der Waals surface area contributed by atoms with Crippen LogP contribution in [0.1, 0.15) is 65.7 Å². The SMILES string of the molecule is CC(C)(C)OC(=O)NC1CCCN(C(=O)C23CCC(N)(CC2)C3)C1. The molecule has 1 atom stereocenters. The zero-order valence-electron chi connectivity index (χ0n) is 15.2. The van der Waals surface area contributed by atoms with E-state index in [4.69, 9.17) is 10.5 Å². The lowest BCUT2D eigenvalue weighted by Crippen LogP contribution is -2.53. The molecule has 1 saturated heterocycles. The van der Waals surface area contributed by atoms with Crippen LogP contribution in [-0.4, -0.2) is 47.2 Å². The third kappa shape index (κ3) is 3.53. The molecular formula is C18H31N3O3. The van der Waals surface area contributed by atoms with Crippen LogP contribution in [0, 0.1) is 5.41 Å². The van der Waals surface area contributed by atoms with Crippen molar-refractivity contribution in [3.05, 3.63) is 0 Å². The van der Waals surface area contributed by atoms with Crippen molar-refractivity contribution in [1.82, 2.24) is 10.2 Å². The van der Waals surface area contributed by atoms with Crippen molar-refractivity contribution in [1.29, 1.82) is 0 Å². The van der Waals surface area contributed by atoms with Crippen LogP contribution in [0.5, 0.6) is 0 Å². The van der Waals surface area contributed by atoms with Crippen LogP contribution in [-0.2, 0) is 9.53 Å². The van der Waals surface area contributed by atoms with Gasteiger partial charge in [-0.25, -0.2) is 4.79 Å². The summed E-state index contributed by atoms with van der Waals surface area (Å²) in [6.07, 6.45) is 6.00. The fourth-order valence-electron chi connectivity index (χ4n) is 4.63. The molecule has 3 N–H and O–H groups in total. The molecule has 3 fully saturated rings. The van der Waals surface area contributed by atoms with E-state index in [0.29, 0.717) is 6.54 Å². The summed E-state index contributed by atoms with van der Waals surface area (Å²) >= 11 is 0. The summed E-state index contributed by atoms with van der Waals surface area (Å²) in [5.74, 6) is 0.253. The number of nitrogens with one attached hydrogen (secondary N) is 1. The van der Waals surface area contributed by atoms with Crippen molar-refractivity contribution in [2.75, 3.05) is 13.1 Å². The maximum Gasteiger partial charge on any atom is 0.407 e. The first kappa shape index (κ1) is 17.5. The van der Waals surface area contributed by atoms with Crippen molar-refractivity contribution in [2.24, 2.45) is 11.1 Å². The van der Waals surface area contributed by atoms with Gasteiger partial charge in [0.1, 0.15) is 5.60 Å². The molecule has 1 aliphatic heterocycles. The Hall–Kier alpha value is -1.30. The molecule has 6 heteroatoms. The molecule has 3 rings (SSSR count). The van der Waals surface area contributed by atoms with Gasteiger partial charge in [0.05, 0.1) is 5.41 Å². The van der Waals surface area contributed by atoms with E-state index in [-0.39, 0.29) is 22.9 Å². The van der Waals surface area contributed by atoms with Crippen LogP contribution in [0.2, 0.25) is 0 Å². The first-order valence-corrected chi connectivity index (χ1v) is 9.19. The van der Waals surface area contributed by atoms with Gasteiger partial charge in [0.15, 0.2) is 0 Å². The molecule has 2 aliphatic carbocycles. The molecule has 0 radical (unpaired) electrons. The molecule has 0 spiro atoms. The van der Waals surface area contributed by atoms with Crippen molar-refractivity contribution < 1.29 is 14.3 Å². The Labute approximate surface area is 144 Å². The Balaban J connectivity index is 1.58. The van der Waals surface area contributed by atoms with Gasteiger partial charge in [0, 0.05) is 24.7 Å². The van der Waals surface area contributed by atoms with E-state index in [1.54, 1.807) is 0 Å². The number of ether oxygens (including phenoxy) is 1. The Morgan fingerprint density at radius 3 is 2.42 bits per heavy atom. The first-order valence-electron chi connectivity index (χ1n) is 9.19. The van der Waals surface area contributed by atoms with E-state index in [0.717, 1.165) is 51.5 Å². The smallest absolute Gasteiger partial charge is 0.407 e. The van der Waals surface area contributed by atoms with Gasteiger partial charge in [-0.1, -0.05) is 0 Å². The molecule has 3 aliphatic rings. The number of likely N-dealkylation sites (tertiary alicyclic amines) is 1. The highest BCUT2D eigenvalue weighted by molar-refractivity contribution is 5.84. The second kappa shape index (κ2) is 5.90. The van der Waals surface area contributed by atoms with Crippen LogP contribution in [0.4, 0.5) is 4.79 Å². The predicted molar refractivity (Wildman–Crippen MR) is 91.4 cm³/mol. The second-order valence-electron chi connectivity index (χ2n) is 9.06. The van der Waals surface area contributed by atoms with Crippen LogP contribution < -0.4 is 11.1 Å². The maximum absolute atomic E-state index is 13.1. The quantitative estimate of drug-likeness (QED) is 0.809. The second-order valence-corrected chi connectivity index (χ2v) is 9.06.